The summed E-state index contributed by atoms with van der Waals surface area (Å²) in [6, 6.07) is 7.37. The molecule has 3 N–H and O–H groups in total. The summed E-state index contributed by atoms with van der Waals surface area (Å²) in [7, 11) is -3.32. The van der Waals surface area contributed by atoms with Gasteiger partial charge < -0.3 is 10.8 Å². The van der Waals surface area contributed by atoms with E-state index in [1.54, 1.807) is 0 Å². The lowest BCUT2D eigenvalue weighted by Crippen LogP contribution is -2.41. The van der Waals surface area contributed by atoms with Gasteiger partial charge in [-0.1, -0.05) is 24.3 Å². The van der Waals surface area contributed by atoms with Gasteiger partial charge in [-0.15, -0.1) is 0 Å². The molecule has 1 aromatic carbocycles. The van der Waals surface area contributed by atoms with Gasteiger partial charge in [-0.25, -0.2) is 12.7 Å². The van der Waals surface area contributed by atoms with E-state index in [4.69, 9.17) is 5.73 Å². The van der Waals surface area contributed by atoms with Gasteiger partial charge in [0.25, 0.3) is 0 Å². The molecule has 2 rings (SSSR count). The molecule has 1 fully saturated rings. The monoisotopic (exact) mass is 298 g/mol. The predicted octanol–water partition coefficient (Wildman–Crippen LogP) is 0.679. The fourth-order valence-electron chi connectivity index (χ4n) is 2.58. The van der Waals surface area contributed by atoms with Crippen LogP contribution in [0.4, 0.5) is 0 Å². The topological polar surface area (TPSA) is 83.6 Å². The van der Waals surface area contributed by atoms with E-state index in [1.165, 1.54) is 4.31 Å². The standard InChI is InChI=1S/C14H22N2O3S/c15-8-12-3-1-4-13(7-12)11-20(18,19)16-6-2-5-14(9-16)10-17/h1,3-4,7,14,17H,2,5-6,8-11,15H2. The summed E-state index contributed by atoms with van der Waals surface area (Å²) in [4.78, 5) is 0. The van der Waals surface area contributed by atoms with E-state index in [2.05, 4.69) is 0 Å². The molecule has 0 bridgehead atoms. The maximum absolute atomic E-state index is 12.4. The molecule has 1 saturated heterocycles. The Bertz CT molecular complexity index is 545. The largest absolute Gasteiger partial charge is 0.396 e. The zero-order valence-corrected chi connectivity index (χ0v) is 12.3. The second-order valence-electron chi connectivity index (χ2n) is 5.33. The minimum atomic E-state index is -3.32. The molecule has 1 atom stereocenters. The fourth-order valence-corrected chi connectivity index (χ4v) is 4.21. The van der Waals surface area contributed by atoms with Crippen LogP contribution in [0.2, 0.25) is 0 Å². The zero-order chi connectivity index (χ0) is 14.6. The first-order chi connectivity index (χ1) is 9.55. The average molecular weight is 298 g/mol. The van der Waals surface area contributed by atoms with E-state index in [1.807, 2.05) is 24.3 Å². The molecule has 1 aliphatic rings. The van der Waals surface area contributed by atoms with Crippen LogP contribution in [-0.2, 0) is 22.3 Å². The first-order valence-electron chi connectivity index (χ1n) is 6.91. The highest BCUT2D eigenvalue weighted by atomic mass is 32.2. The Morgan fingerprint density at radius 1 is 1.35 bits per heavy atom. The Labute approximate surface area is 120 Å². The Morgan fingerprint density at radius 3 is 2.80 bits per heavy atom. The Kier molecular flexibility index (Phi) is 5.15. The molecule has 112 valence electrons. The minimum Gasteiger partial charge on any atom is -0.396 e. The highest BCUT2D eigenvalue weighted by Crippen LogP contribution is 2.21. The number of rotatable bonds is 5. The average Bonchev–Trinajstić information content (AvgIpc) is 2.47. The molecule has 0 saturated carbocycles. The van der Waals surface area contributed by atoms with E-state index in [0.29, 0.717) is 19.6 Å². The maximum atomic E-state index is 12.4. The summed E-state index contributed by atoms with van der Waals surface area (Å²) in [5.41, 5.74) is 7.27. The van der Waals surface area contributed by atoms with Crippen molar-refractivity contribution < 1.29 is 13.5 Å². The third-order valence-corrected chi connectivity index (χ3v) is 5.53. The molecule has 0 spiro atoms. The Morgan fingerprint density at radius 2 is 2.10 bits per heavy atom. The molecule has 6 heteroatoms. The molecule has 0 aliphatic carbocycles. The Hall–Kier alpha value is -0.950. The number of nitrogens with zero attached hydrogens (tertiary/aromatic N) is 1. The van der Waals surface area contributed by atoms with Gasteiger partial charge in [0.2, 0.25) is 10.0 Å². The van der Waals surface area contributed by atoms with Crippen LogP contribution in [0.5, 0.6) is 0 Å². The predicted molar refractivity (Wildman–Crippen MR) is 78.3 cm³/mol. The molecule has 1 aromatic rings. The lowest BCUT2D eigenvalue weighted by Gasteiger charge is -2.31. The molecule has 0 amide bonds. The van der Waals surface area contributed by atoms with E-state index < -0.39 is 10.0 Å². The van der Waals surface area contributed by atoms with Crippen molar-refractivity contribution in [1.29, 1.82) is 0 Å². The SMILES string of the molecule is NCc1cccc(CS(=O)(=O)N2CCCC(CO)C2)c1. The molecule has 1 aliphatic heterocycles. The second kappa shape index (κ2) is 6.67. The number of hydrogen-bond donors (Lipinski definition) is 2. The zero-order valence-electron chi connectivity index (χ0n) is 11.5. The van der Waals surface area contributed by atoms with Gasteiger partial charge in [0.15, 0.2) is 0 Å². The fraction of sp³-hybridized carbons (Fsp3) is 0.571. The van der Waals surface area contributed by atoms with Crippen LogP contribution >= 0.6 is 0 Å². The summed E-state index contributed by atoms with van der Waals surface area (Å²) in [6.07, 6.45) is 1.71. The summed E-state index contributed by atoms with van der Waals surface area (Å²) in [5, 5.41) is 9.20. The molecule has 1 heterocycles. The van der Waals surface area contributed by atoms with E-state index in [-0.39, 0.29) is 18.3 Å². The number of hydrogen-bond acceptors (Lipinski definition) is 4. The second-order valence-corrected chi connectivity index (χ2v) is 7.30. The van der Waals surface area contributed by atoms with Crippen molar-refractivity contribution in [2.45, 2.75) is 25.1 Å². The van der Waals surface area contributed by atoms with Crippen LogP contribution in [0, 0.1) is 5.92 Å². The summed E-state index contributed by atoms with van der Waals surface area (Å²) < 4.78 is 26.4. The van der Waals surface area contributed by atoms with Crippen LogP contribution in [0.15, 0.2) is 24.3 Å². The van der Waals surface area contributed by atoms with E-state index >= 15 is 0 Å². The molecule has 0 radical (unpaired) electrons. The van der Waals surface area contributed by atoms with Crippen molar-refractivity contribution in [3.63, 3.8) is 0 Å². The van der Waals surface area contributed by atoms with Crippen molar-refractivity contribution in [1.82, 2.24) is 4.31 Å². The Balaban J connectivity index is 2.10. The first-order valence-corrected chi connectivity index (χ1v) is 8.52. The number of benzene rings is 1. The summed E-state index contributed by atoms with van der Waals surface area (Å²) >= 11 is 0. The minimum absolute atomic E-state index is 0.00100. The van der Waals surface area contributed by atoms with E-state index in [9.17, 15) is 13.5 Å². The molecule has 20 heavy (non-hydrogen) atoms. The van der Waals surface area contributed by atoms with Crippen molar-refractivity contribution in [3.8, 4) is 0 Å². The van der Waals surface area contributed by atoms with Gasteiger partial charge >= 0.3 is 0 Å². The third-order valence-electron chi connectivity index (χ3n) is 3.71. The highest BCUT2D eigenvalue weighted by Gasteiger charge is 2.28. The van der Waals surface area contributed by atoms with Crippen LogP contribution in [-0.4, -0.2) is 37.5 Å². The molecule has 5 nitrogen and oxygen atoms in total. The van der Waals surface area contributed by atoms with Crippen LogP contribution in [0.25, 0.3) is 0 Å². The number of aliphatic hydroxyl groups excluding tert-OH is 1. The lowest BCUT2D eigenvalue weighted by atomic mass is 10.0. The van der Waals surface area contributed by atoms with Gasteiger partial charge in [0, 0.05) is 26.2 Å². The number of aliphatic hydroxyl groups is 1. The maximum Gasteiger partial charge on any atom is 0.218 e. The van der Waals surface area contributed by atoms with Gasteiger partial charge in [-0.05, 0) is 29.9 Å². The van der Waals surface area contributed by atoms with Gasteiger partial charge in [0.05, 0.1) is 5.75 Å². The molecule has 1 unspecified atom stereocenters. The van der Waals surface area contributed by atoms with Gasteiger partial charge in [0.1, 0.15) is 0 Å². The van der Waals surface area contributed by atoms with Crippen molar-refractivity contribution in [2.75, 3.05) is 19.7 Å². The summed E-state index contributed by atoms with van der Waals surface area (Å²) in [6.45, 7) is 1.43. The van der Waals surface area contributed by atoms with Crippen molar-refractivity contribution in [2.24, 2.45) is 11.7 Å². The number of nitrogens with two attached hydrogens (primary N) is 1. The van der Waals surface area contributed by atoms with Crippen LogP contribution < -0.4 is 5.73 Å². The van der Waals surface area contributed by atoms with Crippen LogP contribution in [0.1, 0.15) is 24.0 Å². The van der Waals surface area contributed by atoms with Crippen molar-refractivity contribution in [3.05, 3.63) is 35.4 Å². The third kappa shape index (κ3) is 3.79. The smallest absolute Gasteiger partial charge is 0.218 e. The van der Waals surface area contributed by atoms with Gasteiger partial charge in [-0.2, -0.15) is 0 Å². The first kappa shape index (κ1) is 15.4. The number of piperidine rings is 1. The number of sulfonamides is 1. The van der Waals surface area contributed by atoms with Crippen molar-refractivity contribution >= 4 is 10.0 Å². The lowest BCUT2D eigenvalue weighted by molar-refractivity contribution is 0.165. The summed E-state index contributed by atoms with van der Waals surface area (Å²) in [5.74, 6) is 0.0628. The van der Waals surface area contributed by atoms with E-state index in [0.717, 1.165) is 24.0 Å². The quantitative estimate of drug-likeness (QED) is 0.837. The molecular weight excluding hydrogens is 276 g/mol. The molecule has 0 aromatic heterocycles. The van der Waals surface area contributed by atoms with Crippen LogP contribution in [0.3, 0.4) is 0 Å². The highest BCUT2D eigenvalue weighted by molar-refractivity contribution is 7.88. The normalized spacial score (nSPS) is 21.0. The molecular formula is C14H22N2O3S. The van der Waals surface area contributed by atoms with Gasteiger partial charge in [-0.3, -0.25) is 0 Å².